The van der Waals surface area contributed by atoms with Crippen molar-refractivity contribution in [1.82, 2.24) is 0 Å². The molecule has 20 heavy (non-hydrogen) atoms. The number of aliphatic carboxylic acids is 1. The van der Waals surface area contributed by atoms with E-state index in [-0.39, 0.29) is 11.8 Å². The van der Waals surface area contributed by atoms with E-state index in [1.54, 1.807) is 0 Å². The Kier molecular flexibility index (Phi) is 4.21. The monoisotopic (exact) mass is 276 g/mol. The van der Waals surface area contributed by atoms with Gasteiger partial charge in [-0.25, -0.2) is 0 Å². The first kappa shape index (κ1) is 14.7. The lowest BCUT2D eigenvalue weighted by Gasteiger charge is -2.27. The zero-order valence-corrected chi connectivity index (χ0v) is 12.6. The second kappa shape index (κ2) is 5.73. The largest absolute Gasteiger partial charge is 0.481 e. The highest BCUT2D eigenvalue weighted by atomic mass is 16.4. The smallest absolute Gasteiger partial charge is 0.305 e. The molecule has 0 unspecified atom stereocenters. The van der Waals surface area contributed by atoms with Crippen molar-refractivity contribution in [3.05, 3.63) is 23.8 Å². The second-order valence-electron chi connectivity index (χ2n) is 6.39. The van der Waals surface area contributed by atoms with Gasteiger partial charge in [-0.15, -0.1) is 0 Å². The number of carbonyl (C=O) groups is 1. The summed E-state index contributed by atoms with van der Waals surface area (Å²) in [6.07, 6.45) is 1.21. The van der Waals surface area contributed by atoms with Crippen LogP contribution in [0.3, 0.4) is 0 Å². The molecule has 0 atom stereocenters. The lowest BCUT2D eigenvalue weighted by atomic mass is 9.86. The van der Waals surface area contributed by atoms with Gasteiger partial charge in [0.05, 0.1) is 17.8 Å². The SMILES string of the molecule is CC(C)(C)c1ccc2c(c1)N(CCC(=O)O)CCCN2. The van der Waals surface area contributed by atoms with Crippen molar-refractivity contribution < 1.29 is 9.90 Å². The van der Waals surface area contributed by atoms with E-state index in [0.29, 0.717) is 6.54 Å². The Morgan fingerprint density at radius 1 is 1.40 bits per heavy atom. The van der Waals surface area contributed by atoms with Crippen molar-refractivity contribution in [3.8, 4) is 0 Å². The highest BCUT2D eigenvalue weighted by Crippen LogP contribution is 2.33. The van der Waals surface area contributed by atoms with Gasteiger partial charge in [0.1, 0.15) is 0 Å². The average molecular weight is 276 g/mol. The van der Waals surface area contributed by atoms with Crippen LogP contribution in [0.1, 0.15) is 39.2 Å². The maximum Gasteiger partial charge on any atom is 0.305 e. The molecule has 0 aliphatic carbocycles. The summed E-state index contributed by atoms with van der Waals surface area (Å²) < 4.78 is 0. The zero-order valence-electron chi connectivity index (χ0n) is 12.6. The van der Waals surface area contributed by atoms with Gasteiger partial charge in [0.15, 0.2) is 0 Å². The molecule has 0 amide bonds. The summed E-state index contributed by atoms with van der Waals surface area (Å²) in [6, 6.07) is 6.48. The van der Waals surface area contributed by atoms with Crippen molar-refractivity contribution in [1.29, 1.82) is 0 Å². The van der Waals surface area contributed by atoms with Gasteiger partial charge in [0.25, 0.3) is 0 Å². The summed E-state index contributed by atoms with van der Waals surface area (Å²) in [5.74, 6) is -0.740. The Balaban J connectivity index is 2.32. The molecule has 0 saturated heterocycles. The first-order chi connectivity index (χ1) is 9.38. The van der Waals surface area contributed by atoms with Gasteiger partial charge < -0.3 is 15.3 Å². The van der Waals surface area contributed by atoms with Crippen LogP contribution in [0.25, 0.3) is 0 Å². The molecule has 1 aliphatic rings. The molecule has 1 aromatic carbocycles. The number of hydrogen-bond donors (Lipinski definition) is 2. The quantitative estimate of drug-likeness (QED) is 0.891. The van der Waals surface area contributed by atoms with Crippen molar-refractivity contribution in [2.45, 2.75) is 39.0 Å². The molecule has 110 valence electrons. The molecule has 4 heteroatoms. The summed E-state index contributed by atoms with van der Waals surface area (Å²) >= 11 is 0. The van der Waals surface area contributed by atoms with E-state index < -0.39 is 5.97 Å². The first-order valence-corrected chi connectivity index (χ1v) is 7.23. The van der Waals surface area contributed by atoms with Crippen molar-refractivity contribution in [3.63, 3.8) is 0 Å². The fourth-order valence-electron chi connectivity index (χ4n) is 2.49. The summed E-state index contributed by atoms with van der Waals surface area (Å²) in [6.45, 7) is 8.99. The summed E-state index contributed by atoms with van der Waals surface area (Å²) in [4.78, 5) is 13.0. The maximum atomic E-state index is 10.8. The first-order valence-electron chi connectivity index (χ1n) is 7.23. The molecule has 0 bridgehead atoms. The van der Waals surface area contributed by atoms with Crippen LogP contribution in [0.2, 0.25) is 0 Å². The number of hydrogen-bond acceptors (Lipinski definition) is 3. The Morgan fingerprint density at radius 2 is 2.15 bits per heavy atom. The lowest BCUT2D eigenvalue weighted by molar-refractivity contribution is -0.136. The predicted octanol–water partition coefficient (Wildman–Crippen LogP) is 3.08. The number of carboxylic acid groups (broad SMARTS) is 1. The van der Waals surface area contributed by atoms with Crippen LogP contribution in [-0.4, -0.2) is 30.7 Å². The molecule has 2 rings (SSSR count). The van der Waals surface area contributed by atoms with Gasteiger partial charge in [-0.05, 0) is 29.5 Å². The normalized spacial score (nSPS) is 15.2. The molecule has 1 heterocycles. The molecule has 4 nitrogen and oxygen atoms in total. The molecule has 2 N–H and O–H groups in total. The fraction of sp³-hybridized carbons (Fsp3) is 0.562. The third-order valence-corrected chi connectivity index (χ3v) is 3.72. The van der Waals surface area contributed by atoms with Crippen LogP contribution in [0, 0.1) is 0 Å². The summed E-state index contributed by atoms with van der Waals surface area (Å²) in [7, 11) is 0. The second-order valence-corrected chi connectivity index (χ2v) is 6.39. The van der Waals surface area contributed by atoms with E-state index >= 15 is 0 Å². The van der Waals surface area contributed by atoms with Crippen LogP contribution in [-0.2, 0) is 10.2 Å². The van der Waals surface area contributed by atoms with Crippen molar-refractivity contribution in [2.24, 2.45) is 0 Å². The Bertz CT molecular complexity index is 492. The minimum Gasteiger partial charge on any atom is -0.481 e. The molecule has 1 aliphatic heterocycles. The van der Waals surface area contributed by atoms with Crippen LogP contribution < -0.4 is 10.2 Å². The molecule has 0 fully saturated rings. The molecule has 1 aromatic rings. The number of benzene rings is 1. The maximum absolute atomic E-state index is 10.8. The molecular weight excluding hydrogens is 252 g/mol. The van der Waals surface area contributed by atoms with Gasteiger partial charge in [-0.3, -0.25) is 4.79 Å². The Morgan fingerprint density at radius 3 is 2.80 bits per heavy atom. The van der Waals surface area contributed by atoms with E-state index in [2.05, 4.69) is 49.2 Å². The van der Waals surface area contributed by atoms with Gasteiger partial charge in [0, 0.05) is 19.6 Å². The van der Waals surface area contributed by atoms with E-state index in [9.17, 15) is 4.79 Å². The number of anilines is 2. The fourth-order valence-corrected chi connectivity index (χ4v) is 2.49. The highest BCUT2D eigenvalue weighted by Gasteiger charge is 2.20. The van der Waals surface area contributed by atoms with Crippen LogP contribution in [0.4, 0.5) is 11.4 Å². The summed E-state index contributed by atoms with van der Waals surface area (Å²) in [5.41, 5.74) is 3.62. The molecule has 0 aromatic heterocycles. The highest BCUT2D eigenvalue weighted by molar-refractivity contribution is 5.73. The number of fused-ring (bicyclic) bond motifs is 1. The third-order valence-electron chi connectivity index (χ3n) is 3.72. The number of nitrogens with one attached hydrogen (secondary N) is 1. The predicted molar refractivity (Wildman–Crippen MR) is 82.7 cm³/mol. The van der Waals surface area contributed by atoms with Crippen molar-refractivity contribution in [2.75, 3.05) is 29.9 Å². The minimum absolute atomic E-state index is 0.0970. The minimum atomic E-state index is -0.740. The molecule has 0 saturated carbocycles. The standard InChI is InChI=1S/C16H24N2O2/c1-16(2,3)12-5-6-13-14(11-12)18(9-4-8-17-13)10-7-15(19)20/h5-6,11,17H,4,7-10H2,1-3H3,(H,19,20). The molecule has 0 spiro atoms. The Labute approximate surface area is 120 Å². The summed E-state index contributed by atoms with van der Waals surface area (Å²) in [5, 5.41) is 12.3. The van der Waals surface area contributed by atoms with E-state index in [4.69, 9.17) is 5.11 Å². The molecular formula is C16H24N2O2. The van der Waals surface area contributed by atoms with E-state index in [0.717, 1.165) is 30.9 Å². The topological polar surface area (TPSA) is 52.6 Å². The van der Waals surface area contributed by atoms with E-state index in [1.807, 2.05) is 0 Å². The van der Waals surface area contributed by atoms with E-state index in [1.165, 1.54) is 5.56 Å². The molecule has 0 radical (unpaired) electrons. The van der Waals surface area contributed by atoms with Crippen LogP contribution in [0.5, 0.6) is 0 Å². The zero-order chi connectivity index (χ0) is 14.8. The number of nitrogens with zero attached hydrogens (tertiary/aromatic N) is 1. The number of rotatable bonds is 3. The van der Waals surface area contributed by atoms with Crippen LogP contribution >= 0.6 is 0 Å². The average Bonchev–Trinajstić information content (AvgIpc) is 2.56. The van der Waals surface area contributed by atoms with Gasteiger partial charge in [0.2, 0.25) is 0 Å². The van der Waals surface area contributed by atoms with Crippen LogP contribution in [0.15, 0.2) is 18.2 Å². The van der Waals surface area contributed by atoms with Crippen molar-refractivity contribution >= 4 is 17.3 Å². The number of carboxylic acids is 1. The Hall–Kier alpha value is -1.71. The van der Waals surface area contributed by atoms with Gasteiger partial charge in [-0.1, -0.05) is 26.8 Å². The lowest BCUT2D eigenvalue weighted by Crippen LogP contribution is -2.27. The van der Waals surface area contributed by atoms with Gasteiger partial charge in [-0.2, -0.15) is 0 Å². The van der Waals surface area contributed by atoms with Gasteiger partial charge >= 0.3 is 5.97 Å². The third kappa shape index (κ3) is 3.44.